The van der Waals surface area contributed by atoms with E-state index in [1.165, 1.54) is 0 Å². The van der Waals surface area contributed by atoms with Gasteiger partial charge in [0.1, 0.15) is 0 Å². The van der Waals surface area contributed by atoms with Gasteiger partial charge in [0.2, 0.25) is 5.91 Å². The summed E-state index contributed by atoms with van der Waals surface area (Å²) in [5, 5.41) is 17.0. The third-order valence-corrected chi connectivity index (χ3v) is 7.18. The number of carbonyl (C=O) groups excluding carboxylic acids is 1. The Balaban J connectivity index is 1.70. The minimum Gasteiger partial charge on any atom is -0.355 e. The van der Waals surface area contributed by atoms with Crippen LogP contribution in [-0.2, 0) is 10.2 Å². The summed E-state index contributed by atoms with van der Waals surface area (Å²) in [6.07, 6.45) is 2.17. The smallest absolute Gasteiger partial charge is 0.237 e. The van der Waals surface area contributed by atoms with Crippen LogP contribution in [0.25, 0.3) is 0 Å². The van der Waals surface area contributed by atoms with Crippen LogP contribution >= 0.6 is 0 Å². The Morgan fingerprint density at radius 3 is 1.81 bits per heavy atom. The lowest BCUT2D eigenvalue weighted by atomic mass is 9.70. The molecule has 3 aromatic carbocycles. The SMILES string of the molecule is CC(C)C[C@H](NC(c1ccccc1)c1ccccc1)C(=O)NCCCC(C#N)(c1ccccc1)C(C)C. The molecule has 0 aliphatic heterocycles. The molecule has 3 rings (SSSR count). The molecule has 0 bridgehead atoms. The molecule has 0 spiro atoms. The van der Waals surface area contributed by atoms with Gasteiger partial charge in [0.05, 0.1) is 23.6 Å². The maximum atomic E-state index is 13.4. The normalized spacial score (nSPS) is 13.8. The number of hydrogen-bond donors (Lipinski definition) is 2. The van der Waals surface area contributed by atoms with Gasteiger partial charge in [-0.15, -0.1) is 0 Å². The van der Waals surface area contributed by atoms with Gasteiger partial charge < -0.3 is 5.32 Å². The second kappa shape index (κ2) is 13.8. The first-order valence-electron chi connectivity index (χ1n) is 13.5. The summed E-state index contributed by atoms with van der Waals surface area (Å²) in [5.74, 6) is 0.543. The standard InChI is InChI=1S/C33H41N3O/c1-25(2)23-30(36-31(27-15-8-5-9-16-27)28-17-10-6-11-18-28)32(37)35-22-14-21-33(24-34,26(3)4)29-19-12-7-13-20-29/h5-13,15-20,25-26,30-31,36H,14,21-23H2,1-4H3,(H,35,37)/t30-,33?/m0/s1. The number of hydrogen-bond acceptors (Lipinski definition) is 3. The molecule has 4 heteroatoms. The van der Waals surface area contributed by atoms with E-state index in [4.69, 9.17) is 0 Å². The maximum Gasteiger partial charge on any atom is 0.237 e. The van der Waals surface area contributed by atoms with E-state index in [1.54, 1.807) is 0 Å². The second-order valence-corrected chi connectivity index (χ2v) is 10.6. The number of amides is 1. The highest BCUT2D eigenvalue weighted by Gasteiger charge is 2.35. The molecule has 3 aromatic rings. The Hall–Kier alpha value is -3.42. The molecule has 0 aliphatic rings. The zero-order valence-corrected chi connectivity index (χ0v) is 22.7. The van der Waals surface area contributed by atoms with E-state index in [0.717, 1.165) is 29.5 Å². The van der Waals surface area contributed by atoms with Gasteiger partial charge in [-0.05, 0) is 47.8 Å². The van der Waals surface area contributed by atoms with Crippen LogP contribution < -0.4 is 10.6 Å². The fraction of sp³-hybridized carbons (Fsp3) is 0.394. The minimum absolute atomic E-state index is 0.0115. The van der Waals surface area contributed by atoms with Crippen molar-refractivity contribution < 1.29 is 4.79 Å². The van der Waals surface area contributed by atoms with Crippen LogP contribution in [0.15, 0.2) is 91.0 Å². The Morgan fingerprint density at radius 1 is 0.838 bits per heavy atom. The van der Waals surface area contributed by atoms with E-state index < -0.39 is 5.41 Å². The summed E-state index contributed by atoms with van der Waals surface area (Å²) < 4.78 is 0. The number of nitrogens with zero attached hydrogens (tertiary/aromatic N) is 1. The van der Waals surface area contributed by atoms with Crippen LogP contribution in [0.3, 0.4) is 0 Å². The number of rotatable bonds is 13. The Labute approximate surface area is 223 Å². The highest BCUT2D eigenvalue weighted by molar-refractivity contribution is 5.81. The molecule has 1 amide bonds. The van der Waals surface area contributed by atoms with Crippen molar-refractivity contribution in [3.63, 3.8) is 0 Å². The summed E-state index contributed by atoms with van der Waals surface area (Å²) in [6, 6.07) is 32.8. The monoisotopic (exact) mass is 495 g/mol. The largest absolute Gasteiger partial charge is 0.355 e. The lowest BCUT2D eigenvalue weighted by Crippen LogP contribution is -2.47. The van der Waals surface area contributed by atoms with Crippen LogP contribution in [0.4, 0.5) is 0 Å². The molecule has 194 valence electrons. The summed E-state index contributed by atoms with van der Waals surface area (Å²) in [4.78, 5) is 13.4. The second-order valence-electron chi connectivity index (χ2n) is 10.6. The Kier molecular flexibility index (Phi) is 10.5. The number of nitrogens with one attached hydrogen (secondary N) is 2. The lowest BCUT2D eigenvalue weighted by molar-refractivity contribution is -0.123. The van der Waals surface area contributed by atoms with Gasteiger partial charge in [0.25, 0.3) is 0 Å². The van der Waals surface area contributed by atoms with Crippen molar-refractivity contribution in [1.29, 1.82) is 5.26 Å². The lowest BCUT2D eigenvalue weighted by Gasteiger charge is -2.31. The third kappa shape index (κ3) is 7.54. The van der Waals surface area contributed by atoms with E-state index in [0.29, 0.717) is 18.9 Å². The fourth-order valence-electron chi connectivity index (χ4n) is 5.05. The van der Waals surface area contributed by atoms with Crippen LogP contribution in [-0.4, -0.2) is 18.5 Å². The van der Waals surface area contributed by atoms with Gasteiger partial charge in [-0.25, -0.2) is 0 Å². The van der Waals surface area contributed by atoms with Crippen molar-refractivity contribution in [3.05, 3.63) is 108 Å². The van der Waals surface area contributed by atoms with Crippen molar-refractivity contribution in [1.82, 2.24) is 10.6 Å². The zero-order valence-electron chi connectivity index (χ0n) is 22.7. The molecule has 0 radical (unpaired) electrons. The predicted molar refractivity (Wildman–Crippen MR) is 152 cm³/mol. The quantitative estimate of drug-likeness (QED) is 0.256. The average Bonchev–Trinajstić information content (AvgIpc) is 2.92. The molecule has 0 saturated carbocycles. The molecule has 0 aliphatic carbocycles. The van der Waals surface area contributed by atoms with Crippen molar-refractivity contribution in [2.24, 2.45) is 11.8 Å². The maximum absolute atomic E-state index is 13.4. The molecule has 0 aromatic heterocycles. The van der Waals surface area contributed by atoms with E-state index in [-0.39, 0.29) is 23.9 Å². The Morgan fingerprint density at radius 2 is 1.35 bits per heavy atom. The zero-order chi connectivity index (χ0) is 26.7. The fourth-order valence-corrected chi connectivity index (χ4v) is 5.05. The highest BCUT2D eigenvalue weighted by atomic mass is 16.2. The topological polar surface area (TPSA) is 64.9 Å². The summed E-state index contributed by atoms with van der Waals surface area (Å²) in [5.41, 5.74) is 2.75. The number of carbonyl (C=O) groups is 1. The highest BCUT2D eigenvalue weighted by Crippen LogP contribution is 2.36. The van der Waals surface area contributed by atoms with Gasteiger partial charge >= 0.3 is 0 Å². The molecule has 0 fully saturated rings. The summed E-state index contributed by atoms with van der Waals surface area (Å²) in [6.45, 7) is 9.03. The first kappa shape index (κ1) is 28.2. The molecule has 2 atom stereocenters. The minimum atomic E-state index is -0.562. The van der Waals surface area contributed by atoms with Crippen LogP contribution in [0.1, 0.15) is 69.7 Å². The molecular weight excluding hydrogens is 454 g/mol. The first-order valence-corrected chi connectivity index (χ1v) is 13.5. The van der Waals surface area contributed by atoms with Gasteiger partial charge in [-0.1, -0.05) is 119 Å². The van der Waals surface area contributed by atoms with Crippen molar-refractivity contribution >= 4 is 5.91 Å². The van der Waals surface area contributed by atoms with E-state index in [9.17, 15) is 10.1 Å². The van der Waals surface area contributed by atoms with Crippen molar-refractivity contribution in [2.75, 3.05) is 6.54 Å². The molecule has 1 unspecified atom stereocenters. The predicted octanol–water partition coefficient (Wildman–Crippen LogP) is 6.79. The molecule has 4 nitrogen and oxygen atoms in total. The van der Waals surface area contributed by atoms with Gasteiger partial charge in [0, 0.05) is 6.54 Å². The molecule has 2 N–H and O–H groups in total. The summed E-state index contributed by atoms with van der Waals surface area (Å²) in [7, 11) is 0. The van der Waals surface area contributed by atoms with Crippen LogP contribution in [0.2, 0.25) is 0 Å². The van der Waals surface area contributed by atoms with Gasteiger partial charge in [-0.3, -0.25) is 10.1 Å². The van der Waals surface area contributed by atoms with Crippen molar-refractivity contribution in [2.45, 2.75) is 64.5 Å². The average molecular weight is 496 g/mol. The van der Waals surface area contributed by atoms with Crippen LogP contribution in [0.5, 0.6) is 0 Å². The first-order chi connectivity index (χ1) is 17.9. The van der Waals surface area contributed by atoms with Gasteiger partial charge in [-0.2, -0.15) is 5.26 Å². The van der Waals surface area contributed by atoms with E-state index in [1.807, 2.05) is 66.7 Å². The van der Waals surface area contributed by atoms with Gasteiger partial charge in [0.15, 0.2) is 0 Å². The van der Waals surface area contributed by atoms with E-state index >= 15 is 0 Å². The third-order valence-electron chi connectivity index (χ3n) is 7.18. The van der Waals surface area contributed by atoms with E-state index in [2.05, 4.69) is 68.7 Å². The number of benzene rings is 3. The van der Waals surface area contributed by atoms with Crippen molar-refractivity contribution in [3.8, 4) is 6.07 Å². The molecule has 0 saturated heterocycles. The Bertz CT molecular complexity index is 1080. The molecular formula is C33H41N3O. The van der Waals surface area contributed by atoms with Crippen LogP contribution in [0, 0.1) is 23.2 Å². The molecule has 37 heavy (non-hydrogen) atoms. The number of nitriles is 1. The molecule has 0 heterocycles. The summed E-state index contributed by atoms with van der Waals surface area (Å²) >= 11 is 0.